The lowest BCUT2D eigenvalue weighted by molar-refractivity contribution is -0.0840. The average molecular weight is 787 g/mol. The first-order chi connectivity index (χ1) is 26.3. The van der Waals surface area contributed by atoms with E-state index in [1.807, 2.05) is 36.1 Å². The highest BCUT2D eigenvalue weighted by molar-refractivity contribution is 6.31. The molecule has 3 aromatic rings. The number of unbranched alkanes of at least 4 members (excludes halogenated alkanes) is 3. The smallest absolute Gasteiger partial charge is 0.407 e. The summed E-state index contributed by atoms with van der Waals surface area (Å²) in [4.78, 5) is 48.1. The van der Waals surface area contributed by atoms with Crippen LogP contribution in [-0.4, -0.2) is 117 Å². The lowest BCUT2D eigenvalue weighted by Crippen LogP contribution is -2.47. The first kappa shape index (κ1) is 44.8. The maximum atomic E-state index is 12.9. The van der Waals surface area contributed by atoms with Crippen LogP contribution in [0.15, 0.2) is 48.5 Å². The molecule has 0 radical (unpaired) electrons. The molecule has 302 valence electrons. The predicted molar refractivity (Wildman–Crippen MR) is 209 cm³/mol. The minimum Gasteiger partial charge on any atom is -0.449 e. The Balaban J connectivity index is 1.50. The molecule has 1 heterocycles. The summed E-state index contributed by atoms with van der Waals surface area (Å²) in [5.41, 5.74) is 14.5. The standard InChI is InChI=1S/C38H55ClN8O8/c1-3-4-5-8-16-47(21-29(49)32(51)30(50)22-48)17-15-42-36(52)27-13-11-25(12-14-27)19-44-38(54)55-23-26(18-28-10-7-6-9-24(28)2)20-43-37(53)31-34(40)46-35(41)33(39)45-31/h6-7,9-14,26,29-30,32,48-51H,3-5,8,15-23H2,1-2H3,(H,42,52)(H,43,53)(H,44,54)(H4,40,41,46)/t26-,29+,30-,32-/m1/s1. The van der Waals surface area contributed by atoms with E-state index in [0.717, 1.165) is 42.4 Å². The average Bonchev–Trinajstić information content (AvgIpc) is 3.17. The van der Waals surface area contributed by atoms with Crippen LogP contribution in [0.4, 0.5) is 16.4 Å². The zero-order valence-electron chi connectivity index (χ0n) is 31.4. The molecule has 17 heteroatoms. The Bertz CT molecular complexity index is 1670. The van der Waals surface area contributed by atoms with Gasteiger partial charge in [0.15, 0.2) is 22.5 Å². The van der Waals surface area contributed by atoms with Gasteiger partial charge in [0.1, 0.15) is 12.2 Å². The van der Waals surface area contributed by atoms with Crippen molar-refractivity contribution in [2.45, 2.75) is 70.8 Å². The number of carbonyl (C=O) groups is 3. The highest BCUT2D eigenvalue weighted by Crippen LogP contribution is 2.18. The van der Waals surface area contributed by atoms with Crippen molar-refractivity contribution in [3.63, 3.8) is 0 Å². The monoisotopic (exact) mass is 786 g/mol. The van der Waals surface area contributed by atoms with Crippen LogP contribution in [0.25, 0.3) is 0 Å². The number of nitrogens with one attached hydrogen (secondary N) is 3. The van der Waals surface area contributed by atoms with Gasteiger partial charge in [-0.1, -0.05) is 74.2 Å². The minimum atomic E-state index is -1.49. The van der Waals surface area contributed by atoms with Crippen LogP contribution in [0.5, 0.6) is 0 Å². The molecular weight excluding hydrogens is 732 g/mol. The van der Waals surface area contributed by atoms with E-state index in [9.17, 15) is 29.7 Å². The number of hydrogen-bond acceptors (Lipinski definition) is 13. The molecule has 0 fully saturated rings. The molecular formula is C38H55ClN8O8. The van der Waals surface area contributed by atoms with E-state index >= 15 is 0 Å². The molecule has 0 bridgehead atoms. The molecule has 3 rings (SSSR count). The van der Waals surface area contributed by atoms with E-state index < -0.39 is 36.9 Å². The van der Waals surface area contributed by atoms with Crippen LogP contribution < -0.4 is 27.4 Å². The molecule has 0 aliphatic carbocycles. The largest absolute Gasteiger partial charge is 0.449 e. The lowest BCUT2D eigenvalue weighted by atomic mass is 9.96. The maximum absolute atomic E-state index is 12.9. The molecule has 0 spiro atoms. The van der Waals surface area contributed by atoms with Crippen LogP contribution in [-0.2, 0) is 17.7 Å². The molecule has 0 unspecified atom stereocenters. The number of aromatic nitrogens is 2. The number of ether oxygens (including phenoxy) is 1. The van der Waals surface area contributed by atoms with Crippen molar-refractivity contribution >= 4 is 41.1 Å². The lowest BCUT2D eigenvalue weighted by Gasteiger charge is -2.29. The number of nitrogen functional groups attached to an aromatic ring is 2. The first-order valence-corrected chi connectivity index (χ1v) is 18.8. The van der Waals surface area contributed by atoms with Crippen molar-refractivity contribution in [2.75, 3.05) is 57.4 Å². The Kier molecular flexibility index (Phi) is 19.0. The minimum absolute atomic E-state index is 0.0104. The molecule has 3 amide bonds. The number of aryl methyl sites for hydroxylation is 1. The number of rotatable bonds is 23. The maximum Gasteiger partial charge on any atom is 0.407 e. The molecule has 1 aromatic heterocycles. The summed E-state index contributed by atoms with van der Waals surface area (Å²) < 4.78 is 5.54. The molecule has 55 heavy (non-hydrogen) atoms. The van der Waals surface area contributed by atoms with E-state index in [1.165, 1.54) is 0 Å². The number of amides is 3. The fraction of sp³-hybridized carbons (Fsp3) is 0.500. The van der Waals surface area contributed by atoms with Crippen LogP contribution in [0.2, 0.25) is 5.15 Å². The highest BCUT2D eigenvalue weighted by Gasteiger charge is 2.26. The molecule has 0 saturated carbocycles. The number of nitrogens with two attached hydrogens (primary N) is 2. The normalized spacial score (nSPS) is 13.5. The van der Waals surface area contributed by atoms with E-state index in [1.54, 1.807) is 24.3 Å². The van der Waals surface area contributed by atoms with E-state index in [4.69, 9.17) is 32.9 Å². The number of nitrogens with zero attached hydrogens (tertiary/aromatic N) is 3. The highest BCUT2D eigenvalue weighted by atomic mass is 35.5. The predicted octanol–water partition coefficient (Wildman–Crippen LogP) is 1.81. The van der Waals surface area contributed by atoms with Crippen molar-refractivity contribution < 1.29 is 39.5 Å². The molecule has 16 nitrogen and oxygen atoms in total. The van der Waals surface area contributed by atoms with E-state index in [2.05, 4.69) is 32.8 Å². The van der Waals surface area contributed by atoms with Crippen molar-refractivity contribution in [1.29, 1.82) is 0 Å². The van der Waals surface area contributed by atoms with Gasteiger partial charge in [-0.25, -0.2) is 14.8 Å². The second-order valence-electron chi connectivity index (χ2n) is 13.4. The van der Waals surface area contributed by atoms with Gasteiger partial charge in [0.05, 0.1) is 19.3 Å². The fourth-order valence-corrected chi connectivity index (χ4v) is 5.81. The Morgan fingerprint density at radius 2 is 1.62 bits per heavy atom. The summed E-state index contributed by atoms with van der Waals surface area (Å²) in [6.07, 6.45) is -0.371. The zero-order valence-corrected chi connectivity index (χ0v) is 32.2. The van der Waals surface area contributed by atoms with E-state index in [-0.39, 0.29) is 67.1 Å². The Morgan fingerprint density at radius 1 is 0.891 bits per heavy atom. The van der Waals surface area contributed by atoms with Gasteiger partial charge < -0.3 is 52.6 Å². The number of anilines is 2. The van der Waals surface area contributed by atoms with Crippen molar-refractivity contribution in [1.82, 2.24) is 30.8 Å². The number of carbonyl (C=O) groups excluding carboxylic acids is 3. The van der Waals surface area contributed by atoms with Gasteiger partial charge >= 0.3 is 6.09 Å². The van der Waals surface area contributed by atoms with Crippen molar-refractivity contribution in [2.24, 2.45) is 5.92 Å². The third-order valence-corrected chi connectivity index (χ3v) is 9.28. The van der Waals surface area contributed by atoms with Gasteiger partial charge in [-0.3, -0.25) is 14.5 Å². The topological polar surface area (TPSA) is 259 Å². The van der Waals surface area contributed by atoms with Crippen LogP contribution in [0.1, 0.15) is 70.1 Å². The number of hydrogen-bond donors (Lipinski definition) is 9. The first-order valence-electron chi connectivity index (χ1n) is 18.4. The molecule has 0 aliphatic heterocycles. The zero-order chi connectivity index (χ0) is 40.3. The van der Waals surface area contributed by atoms with Crippen molar-refractivity contribution in [3.05, 3.63) is 81.6 Å². The Morgan fingerprint density at radius 3 is 2.31 bits per heavy atom. The number of halogens is 1. The number of alkyl carbamates (subject to hydrolysis) is 1. The summed E-state index contributed by atoms with van der Waals surface area (Å²) >= 11 is 5.93. The molecule has 11 N–H and O–H groups in total. The summed E-state index contributed by atoms with van der Waals surface area (Å²) in [6.45, 7) is 5.05. The van der Waals surface area contributed by atoms with Gasteiger partial charge in [0.25, 0.3) is 11.8 Å². The van der Waals surface area contributed by atoms with Gasteiger partial charge in [0, 0.05) is 44.2 Å². The number of aliphatic hydroxyl groups excluding tert-OH is 4. The van der Waals surface area contributed by atoms with Crippen molar-refractivity contribution in [3.8, 4) is 0 Å². The summed E-state index contributed by atoms with van der Waals surface area (Å²) in [5.74, 6) is -1.47. The summed E-state index contributed by atoms with van der Waals surface area (Å²) in [7, 11) is 0. The van der Waals surface area contributed by atoms with Gasteiger partial charge in [-0.2, -0.15) is 0 Å². The third-order valence-electron chi connectivity index (χ3n) is 9.01. The van der Waals surface area contributed by atoms with Gasteiger partial charge in [0.2, 0.25) is 0 Å². The third kappa shape index (κ3) is 15.2. The fourth-order valence-electron chi connectivity index (χ4n) is 5.69. The van der Waals surface area contributed by atoms with Crippen LogP contribution in [0.3, 0.4) is 0 Å². The molecule has 0 saturated heterocycles. The van der Waals surface area contributed by atoms with E-state index in [0.29, 0.717) is 25.1 Å². The summed E-state index contributed by atoms with van der Waals surface area (Å²) in [6, 6.07) is 14.5. The van der Waals surface area contributed by atoms with Crippen LogP contribution >= 0.6 is 11.6 Å². The quantitative estimate of drug-likeness (QED) is 0.0623. The molecule has 2 aromatic carbocycles. The second-order valence-corrected chi connectivity index (χ2v) is 13.8. The number of aliphatic hydroxyl groups is 4. The molecule has 4 atom stereocenters. The Hall–Kier alpha value is -4.58. The van der Waals surface area contributed by atoms with Crippen LogP contribution in [0, 0.1) is 12.8 Å². The number of benzene rings is 2. The SMILES string of the molecule is CCCCCCN(CCNC(=O)c1ccc(CNC(=O)OC[C@@H](CNC(=O)c2nc(Cl)c(N)nc2N)Cc2ccccc2C)cc1)C[C@H](O)[C@@H](O)[C@H](O)CO. The molecule has 0 aliphatic rings. The second kappa shape index (κ2) is 23.4. The summed E-state index contributed by atoms with van der Waals surface area (Å²) in [5, 5.41) is 47.5. The Labute approximate surface area is 326 Å². The van der Waals surface area contributed by atoms with Gasteiger partial charge in [-0.15, -0.1) is 0 Å². The van der Waals surface area contributed by atoms with Gasteiger partial charge in [-0.05, 0) is 55.1 Å².